The van der Waals surface area contributed by atoms with Gasteiger partial charge in [0, 0.05) is 18.0 Å². The quantitative estimate of drug-likeness (QED) is 0.182. The number of likely N-dealkylation sites (N-methyl/N-ethyl adjacent to an activating group) is 1. The van der Waals surface area contributed by atoms with Crippen LogP contribution < -0.4 is 10.3 Å². The summed E-state index contributed by atoms with van der Waals surface area (Å²) in [6.07, 6.45) is 3.72. The van der Waals surface area contributed by atoms with Crippen LogP contribution in [0.2, 0.25) is 0 Å². The summed E-state index contributed by atoms with van der Waals surface area (Å²) in [6.45, 7) is 11.7. The molecular formula is C32H40N8O3. The van der Waals surface area contributed by atoms with Crippen LogP contribution in [0.15, 0.2) is 52.6 Å². The third-order valence-electron chi connectivity index (χ3n) is 8.92. The van der Waals surface area contributed by atoms with E-state index in [1.165, 1.54) is 4.90 Å². The highest BCUT2D eigenvalue weighted by molar-refractivity contribution is 6.57. The van der Waals surface area contributed by atoms with Crippen molar-refractivity contribution in [3.8, 4) is 5.75 Å². The molecule has 11 nitrogen and oxygen atoms in total. The number of benzene rings is 2. The van der Waals surface area contributed by atoms with Crippen LogP contribution in [0.4, 0.5) is 11.4 Å². The highest BCUT2D eigenvalue weighted by Crippen LogP contribution is 2.44. The summed E-state index contributed by atoms with van der Waals surface area (Å²) in [6, 6.07) is 11.1. The van der Waals surface area contributed by atoms with Gasteiger partial charge >= 0.3 is 0 Å². The molecule has 11 heteroatoms. The van der Waals surface area contributed by atoms with Gasteiger partial charge in [0.05, 0.1) is 11.4 Å². The number of anilines is 2. The van der Waals surface area contributed by atoms with Gasteiger partial charge in [-0.2, -0.15) is 5.10 Å². The first kappa shape index (κ1) is 30.1. The Morgan fingerprint density at radius 1 is 1.05 bits per heavy atom. The number of para-hydroxylation sites is 1. The predicted molar refractivity (Wildman–Crippen MR) is 166 cm³/mol. The number of aromatic hydroxyl groups is 1. The van der Waals surface area contributed by atoms with E-state index in [-0.39, 0.29) is 29.2 Å². The summed E-state index contributed by atoms with van der Waals surface area (Å²) in [5.74, 6) is 0.337. The van der Waals surface area contributed by atoms with Crippen LogP contribution in [-0.4, -0.2) is 67.8 Å². The van der Waals surface area contributed by atoms with E-state index in [0.29, 0.717) is 29.1 Å². The van der Waals surface area contributed by atoms with Gasteiger partial charge in [0.1, 0.15) is 5.75 Å². The maximum absolute atomic E-state index is 13.9. The zero-order valence-electron chi connectivity index (χ0n) is 25.5. The molecule has 3 aromatic rings. The molecule has 1 aliphatic heterocycles. The number of H-pyrrole nitrogens is 1. The summed E-state index contributed by atoms with van der Waals surface area (Å²) in [7, 11) is 0. The van der Waals surface area contributed by atoms with Crippen molar-refractivity contribution >= 4 is 28.9 Å². The van der Waals surface area contributed by atoms with E-state index in [2.05, 4.69) is 36.1 Å². The Morgan fingerprint density at radius 3 is 2.51 bits per heavy atom. The molecule has 2 amide bonds. The number of hydrogen-bond acceptors (Lipinski definition) is 9. The van der Waals surface area contributed by atoms with Crippen molar-refractivity contribution in [2.24, 2.45) is 5.10 Å². The van der Waals surface area contributed by atoms with Gasteiger partial charge in [-0.15, -0.1) is 5.10 Å². The molecule has 1 fully saturated rings. The van der Waals surface area contributed by atoms with Crippen molar-refractivity contribution < 1.29 is 14.7 Å². The van der Waals surface area contributed by atoms with Gasteiger partial charge in [-0.25, -0.2) is 10.00 Å². The smallest absolute Gasteiger partial charge is 0.286 e. The van der Waals surface area contributed by atoms with Crippen molar-refractivity contribution in [3.05, 3.63) is 70.1 Å². The summed E-state index contributed by atoms with van der Waals surface area (Å²) in [4.78, 5) is 31.0. The minimum Gasteiger partial charge on any atom is -0.505 e. The number of carbonyl (C=O) groups excluding carboxylic acids is 2. The fraction of sp³-hybridized carbons (Fsp3) is 0.438. The Morgan fingerprint density at radius 2 is 1.81 bits per heavy atom. The Hall–Kier alpha value is -4.38. The topological polar surface area (TPSA) is 140 Å². The van der Waals surface area contributed by atoms with Gasteiger partial charge in [0.25, 0.3) is 11.8 Å². The number of nitrogens with zero attached hydrogens (tertiary/aromatic N) is 6. The van der Waals surface area contributed by atoms with E-state index in [1.54, 1.807) is 19.1 Å². The molecule has 1 saturated carbocycles. The number of carbonyl (C=O) groups is 2. The molecule has 5 rings (SSSR count). The molecule has 2 atom stereocenters. The summed E-state index contributed by atoms with van der Waals surface area (Å²) in [5.41, 5.74) is 7.94. The van der Waals surface area contributed by atoms with Crippen molar-refractivity contribution in [2.75, 3.05) is 30.0 Å². The van der Waals surface area contributed by atoms with E-state index in [1.807, 2.05) is 52.0 Å². The number of phenols is 1. The molecule has 0 radical (unpaired) electrons. The summed E-state index contributed by atoms with van der Waals surface area (Å²) < 4.78 is 0. The third-order valence-corrected chi connectivity index (χ3v) is 8.92. The number of hydrogen-bond donors (Lipinski definition) is 3. The fourth-order valence-electron chi connectivity index (χ4n) is 6.04. The Bertz CT molecular complexity index is 1560. The van der Waals surface area contributed by atoms with Crippen LogP contribution in [0.25, 0.3) is 0 Å². The monoisotopic (exact) mass is 584 g/mol. The molecule has 1 aliphatic carbocycles. The molecule has 2 aliphatic rings. The average molecular weight is 585 g/mol. The van der Waals surface area contributed by atoms with Crippen molar-refractivity contribution in [1.82, 2.24) is 25.5 Å². The number of phenolic OH excluding ortho intramolecular Hbond substituents is 1. The Kier molecular flexibility index (Phi) is 9.00. The molecule has 2 heterocycles. The van der Waals surface area contributed by atoms with Crippen LogP contribution >= 0.6 is 0 Å². The van der Waals surface area contributed by atoms with Crippen LogP contribution in [0, 0.1) is 13.8 Å². The molecule has 0 spiro atoms. The number of hydrazone groups is 1. The molecule has 0 saturated heterocycles. The molecule has 1 aromatic heterocycles. The summed E-state index contributed by atoms with van der Waals surface area (Å²) >= 11 is 0. The van der Waals surface area contributed by atoms with E-state index < -0.39 is 5.91 Å². The van der Waals surface area contributed by atoms with Gasteiger partial charge in [0.2, 0.25) is 0 Å². The van der Waals surface area contributed by atoms with Gasteiger partial charge in [-0.1, -0.05) is 38.5 Å². The summed E-state index contributed by atoms with van der Waals surface area (Å²) in [5, 5.41) is 30.3. The zero-order chi connectivity index (χ0) is 30.7. The Balaban J connectivity index is 1.48. The second kappa shape index (κ2) is 12.9. The SMILES string of the molecule is CCN(CC)CC1=C(C)/C(=N\Nc2cccc(C3CCCC(c4nnn[nH]4)C3)c2O)C(=O)N(c2ccc(C)c(C)c2)C1=O. The number of rotatable bonds is 9. The highest BCUT2D eigenvalue weighted by Gasteiger charge is 2.38. The largest absolute Gasteiger partial charge is 0.505 e. The van der Waals surface area contributed by atoms with Gasteiger partial charge in [0.15, 0.2) is 11.5 Å². The first-order valence-electron chi connectivity index (χ1n) is 15.0. The predicted octanol–water partition coefficient (Wildman–Crippen LogP) is 4.96. The minimum absolute atomic E-state index is 0.101. The average Bonchev–Trinajstić information content (AvgIpc) is 3.55. The highest BCUT2D eigenvalue weighted by atomic mass is 16.3. The van der Waals surface area contributed by atoms with Crippen molar-refractivity contribution in [2.45, 2.75) is 72.1 Å². The maximum atomic E-state index is 13.9. The fourth-order valence-corrected chi connectivity index (χ4v) is 6.04. The Labute approximate surface area is 252 Å². The van der Waals surface area contributed by atoms with Crippen LogP contribution in [-0.2, 0) is 9.59 Å². The maximum Gasteiger partial charge on any atom is 0.286 e. The second-order valence-corrected chi connectivity index (χ2v) is 11.4. The van der Waals surface area contributed by atoms with Crippen LogP contribution in [0.1, 0.15) is 80.8 Å². The first-order valence-corrected chi connectivity index (χ1v) is 15.0. The van der Waals surface area contributed by atoms with E-state index in [0.717, 1.165) is 61.3 Å². The first-order chi connectivity index (χ1) is 20.7. The zero-order valence-corrected chi connectivity index (χ0v) is 25.5. The van der Waals surface area contributed by atoms with Crippen LogP contribution in [0.3, 0.4) is 0 Å². The van der Waals surface area contributed by atoms with Crippen LogP contribution in [0.5, 0.6) is 5.75 Å². The number of tetrazole rings is 1. The van der Waals surface area contributed by atoms with E-state index in [9.17, 15) is 14.7 Å². The number of aryl methyl sites for hydroxylation is 2. The molecule has 43 heavy (non-hydrogen) atoms. The lowest BCUT2D eigenvalue weighted by atomic mass is 9.77. The van der Waals surface area contributed by atoms with E-state index >= 15 is 0 Å². The number of imide groups is 1. The lowest BCUT2D eigenvalue weighted by Gasteiger charge is -2.31. The standard InChI is InChI=1S/C32H40N8O3/c1-6-39(7-2)18-26-21(5)28(32(43)40(31(26)42)24-15-14-19(3)20(4)16-24)34-33-27-13-9-12-25(29(27)41)22-10-8-11-23(17-22)30-35-37-38-36-30/h9,12-16,22-23,33,41H,6-8,10-11,17-18H2,1-5H3,(H,35,36,37,38)/b34-28+. The van der Waals surface area contributed by atoms with E-state index in [4.69, 9.17) is 0 Å². The molecular weight excluding hydrogens is 544 g/mol. The molecule has 2 unspecified atom stereocenters. The lowest BCUT2D eigenvalue weighted by molar-refractivity contribution is -0.121. The number of aromatic nitrogens is 4. The molecule has 3 N–H and O–H groups in total. The van der Waals surface area contributed by atoms with Gasteiger partial charge in [-0.05, 0) is 110 Å². The van der Waals surface area contributed by atoms with Gasteiger partial charge in [-0.3, -0.25) is 19.9 Å². The number of nitrogens with one attached hydrogen (secondary N) is 2. The molecule has 226 valence electrons. The van der Waals surface area contributed by atoms with Gasteiger partial charge < -0.3 is 5.11 Å². The third kappa shape index (κ3) is 6.08. The molecule has 0 bridgehead atoms. The van der Waals surface area contributed by atoms with Crippen molar-refractivity contribution in [1.29, 1.82) is 0 Å². The normalized spacial score (nSPS) is 20.4. The van der Waals surface area contributed by atoms with Crippen molar-refractivity contribution in [3.63, 3.8) is 0 Å². The number of aromatic amines is 1. The lowest BCUT2D eigenvalue weighted by Crippen LogP contribution is -2.49. The second-order valence-electron chi connectivity index (χ2n) is 11.4. The number of amides is 2. The molecule has 2 aromatic carbocycles. The minimum atomic E-state index is -0.506.